The number of anilines is 2. The lowest BCUT2D eigenvalue weighted by Crippen LogP contribution is -2.42. The van der Waals surface area contributed by atoms with Crippen LogP contribution in [0.5, 0.6) is 5.88 Å². The van der Waals surface area contributed by atoms with E-state index in [1.807, 2.05) is 73.9 Å². The largest absolute Gasteiger partial charge is 0.480 e. The predicted molar refractivity (Wildman–Crippen MR) is 162 cm³/mol. The third-order valence-electron chi connectivity index (χ3n) is 7.19. The van der Waals surface area contributed by atoms with Crippen molar-refractivity contribution in [2.75, 3.05) is 30.4 Å². The summed E-state index contributed by atoms with van der Waals surface area (Å²) in [6.45, 7) is 1.29. The van der Waals surface area contributed by atoms with Crippen molar-refractivity contribution in [2.24, 2.45) is 7.05 Å². The van der Waals surface area contributed by atoms with E-state index in [9.17, 15) is 4.79 Å². The highest BCUT2D eigenvalue weighted by Gasteiger charge is 2.36. The second kappa shape index (κ2) is 11.5. The number of pyridine rings is 1. The molecule has 3 aromatic heterocycles. The molecular weight excluding hydrogens is 584 g/mol. The van der Waals surface area contributed by atoms with Crippen LogP contribution in [0, 0.1) is 0 Å². The summed E-state index contributed by atoms with van der Waals surface area (Å²) in [6.07, 6.45) is 5.34. The molecule has 5 aromatic rings. The molecular formula is C30H29BrN8O2. The zero-order valence-corrected chi connectivity index (χ0v) is 24.2. The van der Waals surface area contributed by atoms with Crippen LogP contribution in [-0.4, -0.2) is 56.8 Å². The third kappa shape index (κ3) is 5.40. The Morgan fingerprint density at radius 2 is 1.78 bits per heavy atom. The number of benzene rings is 2. The molecule has 1 aliphatic rings. The van der Waals surface area contributed by atoms with Crippen LogP contribution in [0.4, 0.5) is 16.3 Å². The average Bonchev–Trinajstić information content (AvgIpc) is 3.71. The topological polar surface area (TPSA) is 102 Å². The fourth-order valence-corrected chi connectivity index (χ4v) is 5.84. The summed E-state index contributed by atoms with van der Waals surface area (Å²) in [5, 5.41) is 15.4. The number of carbonyl (C=O) groups excluding carboxylic acids is 1. The minimum atomic E-state index is -0.327. The Morgan fingerprint density at radius 1 is 1.02 bits per heavy atom. The van der Waals surface area contributed by atoms with E-state index in [0.717, 1.165) is 22.5 Å². The van der Waals surface area contributed by atoms with Crippen molar-refractivity contribution in [3.05, 3.63) is 101 Å². The number of carbonyl (C=O) groups is 1. The van der Waals surface area contributed by atoms with E-state index >= 15 is 0 Å². The van der Waals surface area contributed by atoms with Gasteiger partial charge in [-0.1, -0.05) is 48.5 Å². The molecule has 1 fully saturated rings. The van der Waals surface area contributed by atoms with Gasteiger partial charge in [-0.15, -0.1) is 0 Å². The van der Waals surface area contributed by atoms with Crippen molar-refractivity contribution in [1.82, 2.24) is 29.9 Å². The van der Waals surface area contributed by atoms with Crippen molar-refractivity contribution in [3.63, 3.8) is 0 Å². The SMILES string of the molecule is COc1ncccc1N1C[C@@H](NC(=O)Nc2c(Br)c(-c3cnn(C)c3)nn2-c2ccccc2)[C@H](c2ccccc2)C1. The molecule has 6 rings (SSSR count). The average molecular weight is 614 g/mol. The van der Waals surface area contributed by atoms with Gasteiger partial charge >= 0.3 is 6.03 Å². The van der Waals surface area contributed by atoms with Crippen LogP contribution in [-0.2, 0) is 7.05 Å². The summed E-state index contributed by atoms with van der Waals surface area (Å²) in [5.74, 6) is 1.14. The number of para-hydroxylation sites is 1. The van der Waals surface area contributed by atoms with E-state index in [1.54, 1.807) is 28.9 Å². The summed E-state index contributed by atoms with van der Waals surface area (Å²) in [4.78, 5) is 20.2. The first-order valence-corrected chi connectivity index (χ1v) is 14.0. The first-order valence-electron chi connectivity index (χ1n) is 13.2. The molecule has 2 amide bonds. The standard InChI is InChI=1S/C30H29BrN8O2/c1-37-17-21(16-33-37)27-26(31)28(39(36-27)22-12-7-4-8-13-22)35-30(40)34-24-19-38(25-14-9-15-32-29(25)41-2)18-23(24)20-10-5-3-6-11-20/h3-17,23-24H,18-19H2,1-2H3,(H2,34,35,40)/t23-,24+/m0/s1. The molecule has 4 heterocycles. The van der Waals surface area contributed by atoms with Crippen molar-refractivity contribution < 1.29 is 9.53 Å². The number of aryl methyl sites for hydroxylation is 1. The number of nitrogens with one attached hydrogen (secondary N) is 2. The quantitative estimate of drug-likeness (QED) is 0.261. The van der Waals surface area contributed by atoms with Gasteiger partial charge in [0.2, 0.25) is 5.88 Å². The molecule has 1 saturated heterocycles. The van der Waals surface area contributed by atoms with Crippen LogP contribution < -0.4 is 20.3 Å². The maximum absolute atomic E-state index is 13.6. The maximum Gasteiger partial charge on any atom is 0.320 e. The number of ether oxygens (including phenoxy) is 1. The summed E-state index contributed by atoms with van der Waals surface area (Å²) >= 11 is 3.70. The third-order valence-corrected chi connectivity index (χ3v) is 7.94. The highest BCUT2D eigenvalue weighted by molar-refractivity contribution is 9.10. The zero-order valence-electron chi connectivity index (χ0n) is 22.6. The van der Waals surface area contributed by atoms with E-state index in [0.29, 0.717) is 35.0 Å². The van der Waals surface area contributed by atoms with Gasteiger partial charge in [-0.05, 0) is 45.8 Å². The Bertz CT molecular complexity index is 1650. The van der Waals surface area contributed by atoms with Crippen LogP contribution in [0.2, 0.25) is 0 Å². The Morgan fingerprint density at radius 3 is 2.49 bits per heavy atom. The molecule has 0 bridgehead atoms. The van der Waals surface area contributed by atoms with Crippen molar-refractivity contribution in [3.8, 4) is 22.8 Å². The van der Waals surface area contributed by atoms with Gasteiger partial charge in [-0.2, -0.15) is 10.2 Å². The summed E-state index contributed by atoms with van der Waals surface area (Å²) in [7, 11) is 3.47. The lowest BCUT2D eigenvalue weighted by Gasteiger charge is -2.21. The molecule has 208 valence electrons. The molecule has 11 heteroatoms. The summed E-state index contributed by atoms with van der Waals surface area (Å²) < 4.78 is 9.64. The highest BCUT2D eigenvalue weighted by atomic mass is 79.9. The molecule has 0 spiro atoms. The van der Waals surface area contributed by atoms with E-state index in [4.69, 9.17) is 9.84 Å². The molecule has 1 aliphatic heterocycles. The normalized spacial score (nSPS) is 16.5. The number of hydrogen-bond donors (Lipinski definition) is 2. The second-order valence-corrected chi connectivity index (χ2v) is 10.6. The fraction of sp³-hybridized carbons (Fsp3) is 0.200. The monoisotopic (exact) mass is 612 g/mol. The molecule has 0 aliphatic carbocycles. The molecule has 2 atom stereocenters. The van der Waals surface area contributed by atoms with Crippen LogP contribution in [0.1, 0.15) is 11.5 Å². The number of hydrogen-bond acceptors (Lipinski definition) is 6. The highest BCUT2D eigenvalue weighted by Crippen LogP contribution is 2.37. The number of rotatable bonds is 7. The van der Waals surface area contributed by atoms with Gasteiger partial charge in [0.15, 0.2) is 5.82 Å². The second-order valence-electron chi connectivity index (χ2n) is 9.82. The summed E-state index contributed by atoms with van der Waals surface area (Å²) in [6, 6.07) is 23.3. The Hall–Kier alpha value is -4.64. The smallest absolute Gasteiger partial charge is 0.320 e. The Kier molecular flexibility index (Phi) is 7.43. The van der Waals surface area contributed by atoms with Crippen LogP contribution >= 0.6 is 15.9 Å². The van der Waals surface area contributed by atoms with Crippen molar-refractivity contribution in [2.45, 2.75) is 12.0 Å². The van der Waals surface area contributed by atoms with Gasteiger partial charge in [0.1, 0.15) is 5.69 Å². The predicted octanol–water partition coefficient (Wildman–Crippen LogP) is 5.23. The van der Waals surface area contributed by atoms with Crippen LogP contribution in [0.15, 0.2) is 95.9 Å². The lowest BCUT2D eigenvalue weighted by molar-refractivity contribution is 0.248. The first kappa shape index (κ1) is 26.6. The number of methoxy groups -OCH3 is 1. The van der Waals surface area contributed by atoms with Crippen LogP contribution in [0.3, 0.4) is 0 Å². The summed E-state index contributed by atoms with van der Waals surface area (Å²) in [5.41, 5.74) is 4.37. The molecule has 0 unspecified atom stereocenters. The van der Waals surface area contributed by atoms with Gasteiger partial charge in [0.25, 0.3) is 0 Å². The van der Waals surface area contributed by atoms with Crippen molar-refractivity contribution >= 4 is 33.5 Å². The van der Waals surface area contributed by atoms with Gasteiger partial charge in [-0.3, -0.25) is 10.00 Å². The Balaban J connectivity index is 1.30. The van der Waals surface area contributed by atoms with E-state index in [1.165, 1.54) is 0 Å². The molecule has 0 radical (unpaired) electrons. The number of nitrogens with zero attached hydrogens (tertiary/aromatic N) is 6. The minimum Gasteiger partial charge on any atom is -0.480 e. The fourth-order valence-electron chi connectivity index (χ4n) is 5.27. The lowest BCUT2D eigenvalue weighted by atomic mass is 9.94. The van der Waals surface area contributed by atoms with Gasteiger partial charge in [-0.25, -0.2) is 14.5 Å². The zero-order chi connectivity index (χ0) is 28.3. The van der Waals surface area contributed by atoms with E-state index in [-0.39, 0.29) is 18.0 Å². The molecule has 2 N–H and O–H groups in total. The van der Waals surface area contributed by atoms with E-state index < -0.39 is 0 Å². The van der Waals surface area contributed by atoms with Crippen LogP contribution in [0.25, 0.3) is 16.9 Å². The molecule has 41 heavy (non-hydrogen) atoms. The minimum absolute atomic E-state index is 0.0558. The van der Waals surface area contributed by atoms with E-state index in [2.05, 4.69) is 53.7 Å². The van der Waals surface area contributed by atoms with Gasteiger partial charge < -0.3 is 15.0 Å². The first-order chi connectivity index (χ1) is 20.0. The maximum atomic E-state index is 13.6. The number of urea groups is 1. The van der Waals surface area contributed by atoms with Gasteiger partial charge in [0.05, 0.1) is 35.2 Å². The molecule has 10 nitrogen and oxygen atoms in total. The molecule has 0 saturated carbocycles. The number of halogens is 1. The number of amides is 2. The van der Waals surface area contributed by atoms with Crippen molar-refractivity contribution in [1.29, 1.82) is 0 Å². The van der Waals surface area contributed by atoms with Gasteiger partial charge in [0, 0.05) is 44.0 Å². The number of aromatic nitrogens is 5. The molecule has 2 aromatic carbocycles. The Labute approximate surface area is 246 Å².